The zero-order valence-electron chi connectivity index (χ0n) is 19.2. The van der Waals surface area contributed by atoms with Crippen LogP contribution in [-0.2, 0) is 14.8 Å². The Morgan fingerprint density at radius 1 is 1.03 bits per heavy atom. The highest BCUT2D eigenvalue weighted by Crippen LogP contribution is 2.26. The number of hydrogen-bond donors (Lipinski definition) is 2. The number of carbonyl (C=O) groups is 2. The van der Waals surface area contributed by atoms with E-state index in [1.807, 2.05) is 12.1 Å². The van der Waals surface area contributed by atoms with E-state index in [1.165, 1.54) is 35.0 Å². The zero-order valence-corrected chi connectivity index (χ0v) is 20.0. The molecule has 3 heterocycles. The third-order valence-corrected chi connectivity index (χ3v) is 8.69. The number of primary amides is 1. The van der Waals surface area contributed by atoms with Crippen LogP contribution in [0.4, 0.5) is 0 Å². The fourth-order valence-corrected chi connectivity index (χ4v) is 6.23. The van der Waals surface area contributed by atoms with E-state index < -0.39 is 15.9 Å². The van der Waals surface area contributed by atoms with Crippen molar-refractivity contribution in [1.29, 1.82) is 0 Å². The van der Waals surface area contributed by atoms with Gasteiger partial charge in [-0.3, -0.25) is 14.5 Å². The number of benzene rings is 1. The molecule has 184 valence electrons. The van der Waals surface area contributed by atoms with Crippen molar-refractivity contribution < 1.29 is 22.4 Å². The van der Waals surface area contributed by atoms with Gasteiger partial charge in [-0.1, -0.05) is 6.42 Å². The second-order valence-corrected chi connectivity index (χ2v) is 10.9. The molecular weight excluding hydrogens is 456 g/mol. The van der Waals surface area contributed by atoms with Crippen molar-refractivity contribution in [3.05, 3.63) is 54.0 Å². The van der Waals surface area contributed by atoms with Crippen molar-refractivity contribution in [2.24, 2.45) is 11.7 Å². The van der Waals surface area contributed by atoms with E-state index in [0.717, 1.165) is 31.7 Å². The minimum absolute atomic E-state index is 0.00286. The Morgan fingerprint density at radius 2 is 1.71 bits per heavy atom. The molecule has 0 saturated carbocycles. The molecule has 1 aromatic heterocycles. The van der Waals surface area contributed by atoms with Crippen molar-refractivity contribution in [3.63, 3.8) is 0 Å². The van der Waals surface area contributed by atoms with Gasteiger partial charge in [-0.15, -0.1) is 0 Å². The first kappa shape index (κ1) is 24.4. The van der Waals surface area contributed by atoms with Gasteiger partial charge in [-0.25, -0.2) is 8.42 Å². The number of nitrogens with one attached hydrogen (secondary N) is 1. The molecule has 4 rings (SSSR count). The predicted molar refractivity (Wildman–Crippen MR) is 126 cm³/mol. The van der Waals surface area contributed by atoms with Gasteiger partial charge in [0, 0.05) is 31.1 Å². The normalized spacial score (nSPS) is 19.5. The Labute approximate surface area is 200 Å². The molecule has 0 aliphatic carbocycles. The first-order valence-electron chi connectivity index (χ1n) is 11.8. The number of nitrogens with two attached hydrogens (primary N) is 1. The Bertz CT molecular complexity index is 1070. The molecular formula is C24H32N4O5S. The summed E-state index contributed by atoms with van der Waals surface area (Å²) in [6.07, 6.45) is 6.09. The number of furan rings is 1. The monoisotopic (exact) mass is 488 g/mol. The molecule has 2 aliphatic heterocycles. The van der Waals surface area contributed by atoms with E-state index in [4.69, 9.17) is 10.2 Å². The molecule has 2 saturated heterocycles. The highest BCUT2D eigenvalue weighted by Gasteiger charge is 2.33. The number of amides is 2. The van der Waals surface area contributed by atoms with Crippen molar-refractivity contribution in [3.8, 4) is 0 Å². The van der Waals surface area contributed by atoms with E-state index in [2.05, 4.69) is 10.2 Å². The molecule has 0 radical (unpaired) electrons. The minimum atomic E-state index is -3.69. The number of likely N-dealkylation sites (tertiary alicyclic amines) is 1. The summed E-state index contributed by atoms with van der Waals surface area (Å²) >= 11 is 0. The van der Waals surface area contributed by atoms with Gasteiger partial charge in [0.25, 0.3) is 0 Å². The largest absolute Gasteiger partial charge is 0.468 e. The number of hydrogen-bond acceptors (Lipinski definition) is 6. The summed E-state index contributed by atoms with van der Waals surface area (Å²) in [5.74, 6) is -0.0328. The molecule has 2 fully saturated rings. The van der Waals surface area contributed by atoms with Gasteiger partial charge in [-0.05, 0) is 75.2 Å². The molecule has 1 atom stereocenters. The van der Waals surface area contributed by atoms with Crippen LogP contribution < -0.4 is 11.1 Å². The highest BCUT2D eigenvalue weighted by atomic mass is 32.2. The molecule has 2 aliphatic rings. The molecule has 10 heteroatoms. The molecule has 1 aromatic carbocycles. The summed E-state index contributed by atoms with van der Waals surface area (Å²) in [6, 6.07) is 9.42. The van der Waals surface area contributed by atoms with E-state index in [9.17, 15) is 18.0 Å². The maximum absolute atomic E-state index is 13.0. The van der Waals surface area contributed by atoms with E-state index in [-0.39, 0.29) is 41.4 Å². The van der Waals surface area contributed by atoms with Gasteiger partial charge in [-0.2, -0.15) is 4.31 Å². The first-order valence-corrected chi connectivity index (χ1v) is 13.3. The van der Waals surface area contributed by atoms with E-state index >= 15 is 0 Å². The summed E-state index contributed by atoms with van der Waals surface area (Å²) in [7, 11) is -3.69. The third-order valence-electron chi connectivity index (χ3n) is 6.77. The summed E-state index contributed by atoms with van der Waals surface area (Å²) in [5.41, 5.74) is 5.48. The molecule has 9 nitrogen and oxygen atoms in total. The fourth-order valence-electron chi connectivity index (χ4n) is 4.76. The molecule has 34 heavy (non-hydrogen) atoms. The Balaban J connectivity index is 1.32. The average Bonchev–Trinajstić information content (AvgIpc) is 3.39. The molecule has 2 aromatic rings. The topological polar surface area (TPSA) is 126 Å². The quantitative estimate of drug-likeness (QED) is 0.586. The van der Waals surface area contributed by atoms with Gasteiger partial charge in [0.05, 0.1) is 17.2 Å². The van der Waals surface area contributed by atoms with E-state index in [1.54, 1.807) is 6.26 Å². The number of carbonyl (C=O) groups excluding carboxylic acids is 2. The lowest BCUT2D eigenvalue weighted by molar-refractivity contribution is -0.126. The summed E-state index contributed by atoms with van der Waals surface area (Å²) in [5, 5.41) is 3.09. The van der Waals surface area contributed by atoms with Crippen LogP contribution in [0.15, 0.2) is 52.0 Å². The minimum Gasteiger partial charge on any atom is -0.468 e. The predicted octanol–water partition coefficient (Wildman–Crippen LogP) is 2.12. The van der Waals surface area contributed by atoms with Crippen molar-refractivity contribution in [2.75, 3.05) is 32.7 Å². The van der Waals surface area contributed by atoms with Crippen LogP contribution in [0.3, 0.4) is 0 Å². The summed E-state index contributed by atoms with van der Waals surface area (Å²) in [6.45, 7) is 2.98. The Kier molecular flexibility index (Phi) is 7.70. The van der Waals surface area contributed by atoms with Gasteiger partial charge < -0.3 is 15.5 Å². The smallest absolute Gasteiger partial charge is 0.248 e. The molecule has 1 unspecified atom stereocenters. The lowest BCUT2D eigenvalue weighted by atomic mass is 9.97. The number of nitrogens with zero attached hydrogens (tertiary/aromatic N) is 2. The maximum atomic E-state index is 13.0. The standard InChI is InChI=1S/C24H32N4O5S/c25-23(29)18-6-8-20(9-7-18)34(31,32)28-14-10-19(11-15-28)24(30)26-17-21(22-5-4-16-33-22)27-12-2-1-3-13-27/h4-9,16,19,21H,1-3,10-15,17H2,(H2,25,29)(H,26,30). The van der Waals surface area contributed by atoms with Gasteiger partial charge in [0.2, 0.25) is 21.8 Å². The van der Waals surface area contributed by atoms with Crippen molar-refractivity contribution >= 4 is 21.8 Å². The second-order valence-electron chi connectivity index (χ2n) is 8.94. The average molecular weight is 489 g/mol. The van der Waals surface area contributed by atoms with E-state index in [0.29, 0.717) is 19.4 Å². The number of piperidine rings is 2. The first-order chi connectivity index (χ1) is 16.4. The highest BCUT2D eigenvalue weighted by molar-refractivity contribution is 7.89. The lowest BCUT2D eigenvalue weighted by Crippen LogP contribution is -2.45. The van der Waals surface area contributed by atoms with Crippen LogP contribution in [-0.4, -0.2) is 62.2 Å². The van der Waals surface area contributed by atoms with Crippen LogP contribution in [0.2, 0.25) is 0 Å². The summed E-state index contributed by atoms with van der Waals surface area (Å²) in [4.78, 5) is 26.6. The second kappa shape index (κ2) is 10.7. The molecule has 2 amide bonds. The van der Waals surface area contributed by atoms with Gasteiger partial charge in [0.15, 0.2) is 0 Å². The Morgan fingerprint density at radius 3 is 2.29 bits per heavy atom. The van der Waals surface area contributed by atoms with Crippen LogP contribution in [0.5, 0.6) is 0 Å². The lowest BCUT2D eigenvalue weighted by Gasteiger charge is -2.34. The van der Waals surface area contributed by atoms with Crippen LogP contribution >= 0.6 is 0 Å². The molecule has 0 bridgehead atoms. The third kappa shape index (κ3) is 5.51. The van der Waals surface area contributed by atoms with Crippen molar-refractivity contribution in [2.45, 2.75) is 43.0 Å². The fraction of sp³-hybridized carbons (Fsp3) is 0.500. The maximum Gasteiger partial charge on any atom is 0.248 e. The SMILES string of the molecule is NC(=O)c1ccc(S(=O)(=O)N2CCC(C(=O)NCC(c3ccco3)N3CCCCC3)CC2)cc1. The van der Waals surface area contributed by atoms with Gasteiger partial charge >= 0.3 is 0 Å². The van der Waals surface area contributed by atoms with Crippen LogP contribution in [0, 0.1) is 5.92 Å². The van der Waals surface area contributed by atoms with Gasteiger partial charge in [0.1, 0.15) is 5.76 Å². The molecule has 3 N–H and O–H groups in total. The Hall–Kier alpha value is -2.69. The zero-order chi connectivity index (χ0) is 24.1. The number of sulfonamides is 1. The van der Waals surface area contributed by atoms with Crippen molar-refractivity contribution in [1.82, 2.24) is 14.5 Å². The molecule has 0 spiro atoms. The number of rotatable bonds is 8. The summed E-state index contributed by atoms with van der Waals surface area (Å²) < 4.78 is 33.0. The van der Waals surface area contributed by atoms with Crippen LogP contribution in [0.1, 0.15) is 54.3 Å². The van der Waals surface area contributed by atoms with Crippen LogP contribution in [0.25, 0.3) is 0 Å².